The first-order valence-electron chi connectivity index (χ1n) is 4.70. The normalized spacial score (nSPS) is 22.5. The lowest BCUT2D eigenvalue weighted by Gasteiger charge is -2.19. The Balaban J connectivity index is 2.38. The van der Waals surface area contributed by atoms with Gasteiger partial charge in [-0.3, -0.25) is 4.99 Å². The van der Waals surface area contributed by atoms with Gasteiger partial charge < -0.3 is 10.4 Å². The van der Waals surface area contributed by atoms with E-state index < -0.39 is 5.60 Å². The van der Waals surface area contributed by atoms with E-state index >= 15 is 0 Å². The minimum atomic E-state index is -0.603. The summed E-state index contributed by atoms with van der Waals surface area (Å²) >= 11 is 0. The lowest BCUT2D eigenvalue weighted by atomic mass is 10.0. The quantitative estimate of drug-likeness (QED) is 0.693. The molecule has 0 spiro atoms. The number of nitrogens with zero attached hydrogens (tertiary/aromatic N) is 1. The molecule has 0 radical (unpaired) electrons. The SMILES string of the molecule is CC1C=CNC(CCC(C)(C)O)=N1. The summed E-state index contributed by atoms with van der Waals surface area (Å²) < 4.78 is 0. The zero-order valence-corrected chi connectivity index (χ0v) is 8.54. The van der Waals surface area contributed by atoms with Crippen molar-refractivity contribution >= 4 is 5.84 Å². The maximum absolute atomic E-state index is 9.51. The highest BCUT2D eigenvalue weighted by atomic mass is 16.3. The molecule has 1 heterocycles. The van der Waals surface area contributed by atoms with Crippen LogP contribution in [0.15, 0.2) is 17.3 Å². The van der Waals surface area contributed by atoms with Gasteiger partial charge >= 0.3 is 0 Å². The highest BCUT2D eigenvalue weighted by Crippen LogP contribution is 2.11. The molecule has 2 N–H and O–H groups in total. The molecule has 0 saturated heterocycles. The fourth-order valence-electron chi connectivity index (χ4n) is 1.17. The van der Waals surface area contributed by atoms with Gasteiger partial charge in [-0.05, 0) is 33.3 Å². The number of aliphatic imine (C=N–C) groups is 1. The monoisotopic (exact) mass is 182 g/mol. The van der Waals surface area contributed by atoms with E-state index in [4.69, 9.17) is 0 Å². The Bertz CT molecular complexity index is 226. The van der Waals surface area contributed by atoms with Crippen LogP contribution in [0.25, 0.3) is 0 Å². The van der Waals surface area contributed by atoms with Crippen molar-refractivity contribution in [3.63, 3.8) is 0 Å². The zero-order chi connectivity index (χ0) is 9.90. The van der Waals surface area contributed by atoms with Crippen molar-refractivity contribution < 1.29 is 5.11 Å². The molecule has 0 fully saturated rings. The van der Waals surface area contributed by atoms with Crippen LogP contribution in [0.3, 0.4) is 0 Å². The summed E-state index contributed by atoms with van der Waals surface area (Å²) in [4.78, 5) is 4.39. The Hall–Kier alpha value is -0.830. The van der Waals surface area contributed by atoms with Gasteiger partial charge in [0.25, 0.3) is 0 Å². The van der Waals surface area contributed by atoms with E-state index in [9.17, 15) is 5.11 Å². The van der Waals surface area contributed by atoms with Gasteiger partial charge in [-0.25, -0.2) is 0 Å². The van der Waals surface area contributed by atoms with Crippen LogP contribution in [0.5, 0.6) is 0 Å². The Labute approximate surface area is 79.6 Å². The molecule has 0 aromatic rings. The first kappa shape index (κ1) is 10.3. The summed E-state index contributed by atoms with van der Waals surface area (Å²) in [5.41, 5.74) is -0.603. The summed E-state index contributed by atoms with van der Waals surface area (Å²) in [6.07, 6.45) is 5.46. The van der Waals surface area contributed by atoms with Crippen molar-refractivity contribution in [1.82, 2.24) is 5.32 Å². The van der Waals surface area contributed by atoms with Crippen LogP contribution in [-0.4, -0.2) is 22.6 Å². The van der Waals surface area contributed by atoms with Gasteiger partial charge in [0.2, 0.25) is 0 Å². The lowest BCUT2D eigenvalue weighted by Crippen LogP contribution is -2.27. The molecule has 1 atom stereocenters. The molecule has 1 rings (SSSR count). The van der Waals surface area contributed by atoms with Crippen LogP contribution in [-0.2, 0) is 0 Å². The molecular weight excluding hydrogens is 164 g/mol. The highest BCUT2D eigenvalue weighted by molar-refractivity contribution is 5.84. The summed E-state index contributed by atoms with van der Waals surface area (Å²) in [6.45, 7) is 5.67. The number of hydrogen-bond acceptors (Lipinski definition) is 3. The minimum Gasteiger partial charge on any atom is -0.390 e. The van der Waals surface area contributed by atoms with Crippen molar-refractivity contribution in [2.75, 3.05) is 0 Å². The molecule has 1 unspecified atom stereocenters. The first-order valence-corrected chi connectivity index (χ1v) is 4.70. The number of amidine groups is 1. The van der Waals surface area contributed by atoms with E-state index in [0.717, 1.165) is 18.7 Å². The number of aliphatic hydroxyl groups is 1. The van der Waals surface area contributed by atoms with Crippen molar-refractivity contribution in [3.05, 3.63) is 12.3 Å². The van der Waals surface area contributed by atoms with E-state index in [1.54, 1.807) is 0 Å². The molecule has 1 aliphatic heterocycles. The average molecular weight is 182 g/mol. The Morgan fingerprint density at radius 2 is 2.31 bits per heavy atom. The summed E-state index contributed by atoms with van der Waals surface area (Å²) in [5.74, 6) is 0.970. The summed E-state index contributed by atoms with van der Waals surface area (Å²) in [5, 5.41) is 12.6. The smallest absolute Gasteiger partial charge is 0.101 e. The van der Waals surface area contributed by atoms with Gasteiger partial charge in [0, 0.05) is 12.6 Å². The molecule has 3 heteroatoms. The van der Waals surface area contributed by atoms with Crippen molar-refractivity contribution in [3.8, 4) is 0 Å². The Kier molecular flexibility index (Phi) is 3.09. The molecule has 1 aliphatic rings. The van der Waals surface area contributed by atoms with Gasteiger partial charge in [-0.1, -0.05) is 0 Å². The molecule has 0 aliphatic carbocycles. The maximum atomic E-state index is 9.51. The van der Waals surface area contributed by atoms with E-state index in [0.29, 0.717) is 0 Å². The fourth-order valence-corrected chi connectivity index (χ4v) is 1.17. The second kappa shape index (κ2) is 3.92. The van der Waals surface area contributed by atoms with Crippen LogP contribution in [0.4, 0.5) is 0 Å². The predicted octanol–water partition coefficient (Wildman–Crippen LogP) is 1.44. The van der Waals surface area contributed by atoms with Gasteiger partial charge in [0.05, 0.1) is 11.6 Å². The van der Waals surface area contributed by atoms with Gasteiger partial charge in [-0.2, -0.15) is 0 Å². The number of nitrogens with one attached hydrogen (secondary N) is 1. The van der Waals surface area contributed by atoms with E-state index in [2.05, 4.69) is 10.3 Å². The lowest BCUT2D eigenvalue weighted by molar-refractivity contribution is 0.0731. The molecule has 0 aromatic carbocycles. The Morgan fingerprint density at radius 3 is 2.85 bits per heavy atom. The average Bonchev–Trinajstić information content (AvgIpc) is 2.00. The molecule has 74 valence electrons. The summed E-state index contributed by atoms with van der Waals surface area (Å²) in [7, 11) is 0. The maximum Gasteiger partial charge on any atom is 0.101 e. The van der Waals surface area contributed by atoms with Crippen molar-refractivity contribution in [2.45, 2.75) is 45.3 Å². The van der Waals surface area contributed by atoms with E-state index in [1.807, 2.05) is 33.0 Å². The van der Waals surface area contributed by atoms with Crippen molar-refractivity contribution in [1.29, 1.82) is 0 Å². The van der Waals surface area contributed by atoms with Crippen LogP contribution in [0.2, 0.25) is 0 Å². The number of rotatable bonds is 3. The molecule has 0 bridgehead atoms. The zero-order valence-electron chi connectivity index (χ0n) is 8.54. The first-order chi connectivity index (χ1) is 5.97. The van der Waals surface area contributed by atoms with Crippen LogP contribution < -0.4 is 5.32 Å². The topological polar surface area (TPSA) is 44.6 Å². The molecule has 0 saturated carbocycles. The predicted molar refractivity (Wildman–Crippen MR) is 54.7 cm³/mol. The van der Waals surface area contributed by atoms with Crippen LogP contribution >= 0.6 is 0 Å². The third-order valence-corrected chi connectivity index (χ3v) is 1.96. The second-order valence-electron chi connectivity index (χ2n) is 4.13. The van der Waals surface area contributed by atoms with Crippen LogP contribution in [0, 0.1) is 0 Å². The van der Waals surface area contributed by atoms with Gasteiger partial charge in [0.15, 0.2) is 0 Å². The van der Waals surface area contributed by atoms with Crippen molar-refractivity contribution in [2.24, 2.45) is 4.99 Å². The van der Waals surface area contributed by atoms with Gasteiger partial charge in [-0.15, -0.1) is 0 Å². The summed E-state index contributed by atoms with van der Waals surface area (Å²) in [6, 6.07) is 0.262. The molecule has 0 aromatic heterocycles. The molecule has 13 heavy (non-hydrogen) atoms. The van der Waals surface area contributed by atoms with E-state index in [-0.39, 0.29) is 6.04 Å². The second-order valence-corrected chi connectivity index (χ2v) is 4.13. The fraction of sp³-hybridized carbons (Fsp3) is 0.700. The minimum absolute atomic E-state index is 0.262. The molecule has 0 amide bonds. The van der Waals surface area contributed by atoms with E-state index in [1.165, 1.54) is 0 Å². The standard InChI is InChI=1S/C10H18N2O/c1-8-5-7-11-9(12-8)4-6-10(2,3)13/h5,7-8,13H,4,6H2,1-3H3,(H,11,12). The molecular formula is C10H18N2O. The van der Waals surface area contributed by atoms with Crippen LogP contribution in [0.1, 0.15) is 33.6 Å². The molecule has 3 nitrogen and oxygen atoms in total. The third-order valence-electron chi connectivity index (χ3n) is 1.96. The third kappa shape index (κ3) is 4.08. The number of hydrogen-bond donors (Lipinski definition) is 2. The highest BCUT2D eigenvalue weighted by Gasteiger charge is 2.14. The largest absolute Gasteiger partial charge is 0.390 e. The van der Waals surface area contributed by atoms with Gasteiger partial charge in [0.1, 0.15) is 5.84 Å². The Morgan fingerprint density at radius 1 is 1.62 bits per heavy atom.